The third kappa shape index (κ3) is 4.21. The van der Waals surface area contributed by atoms with Gasteiger partial charge in [0.2, 0.25) is 0 Å². The number of halogens is 6. The molecular weight excluding hydrogens is 374 g/mol. The average Bonchev–Trinajstić information content (AvgIpc) is 2.12. The van der Waals surface area contributed by atoms with Gasteiger partial charge in [0.25, 0.3) is 0 Å². The summed E-state index contributed by atoms with van der Waals surface area (Å²) in [6, 6.07) is 0. The Bertz CT molecular complexity index is 198. The fraction of sp³-hybridized carbons (Fsp3) is 0.333. The van der Waals surface area contributed by atoms with Gasteiger partial charge in [-0.05, 0) is 0 Å². The van der Waals surface area contributed by atoms with Gasteiger partial charge < -0.3 is 0 Å². The monoisotopic (exact) mass is 374 g/mol. The lowest BCUT2D eigenvalue weighted by atomic mass is 10.4. The highest BCUT2D eigenvalue weighted by Gasteiger charge is 2.08. The van der Waals surface area contributed by atoms with Crippen LogP contribution in [-0.4, -0.2) is 10.7 Å². The first-order chi connectivity index (χ1) is 5.54. The Balaban J connectivity index is 4.82. The van der Waals surface area contributed by atoms with Crippen LogP contribution in [0.15, 0.2) is 20.1 Å². The van der Waals surface area contributed by atoms with E-state index in [9.17, 15) is 0 Å². The third-order valence-electron chi connectivity index (χ3n) is 0.904. The summed E-state index contributed by atoms with van der Waals surface area (Å²) in [6.07, 6.45) is 0. The molecule has 0 saturated heterocycles. The van der Waals surface area contributed by atoms with Gasteiger partial charge >= 0.3 is 0 Å². The van der Waals surface area contributed by atoms with Crippen molar-refractivity contribution in [1.29, 1.82) is 0 Å². The van der Waals surface area contributed by atoms with E-state index in [2.05, 4.69) is 31.9 Å². The standard InChI is InChI=1S/C6H4Br2Cl4/c7-1-3(9)5(11)6(12)4(10)2-8/h1-2H2. The molecule has 0 aliphatic carbocycles. The summed E-state index contributed by atoms with van der Waals surface area (Å²) in [6.45, 7) is 0. The van der Waals surface area contributed by atoms with Crippen LogP contribution < -0.4 is 0 Å². The van der Waals surface area contributed by atoms with Gasteiger partial charge in [-0.15, -0.1) is 0 Å². The van der Waals surface area contributed by atoms with Gasteiger partial charge in [-0.1, -0.05) is 78.3 Å². The van der Waals surface area contributed by atoms with E-state index in [1.807, 2.05) is 0 Å². The molecule has 0 spiro atoms. The SMILES string of the molecule is ClC(CBr)=C(Cl)C(Cl)=C(Cl)CBr. The Labute approximate surface area is 108 Å². The molecule has 0 amide bonds. The van der Waals surface area contributed by atoms with Crippen LogP contribution in [0.5, 0.6) is 0 Å². The minimum absolute atomic E-state index is 0.277. The van der Waals surface area contributed by atoms with E-state index in [0.29, 0.717) is 20.7 Å². The molecule has 0 heterocycles. The Morgan fingerprint density at radius 3 is 1.17 bits per heavy atom. The maximum absolute atomic E-state index is 5.78. The third-order valence-corrected chi connectivity index (χ3v) is 4.44. The summed E-state index contributed by atoms with van der Waals surface area (Å²) in [5, 5.41) is 2.33. The molecule has 0 saturated carbocycles. The highest BCUT2D eigenvalue weighted by Crippen LogP contribution is 2.30. The zero-order chi connectivity index (χ0) is 9.72. The topological polar surface area (TPSA) is 0 Å². The van der Waals surface area contributed by atoms with Crippen LogP contribution >= 0.6 is 78.3 Å². The zero-order valence-electron chi connectivity index (χ0n) is 5.68. The molecule has 0 aliphatic rings. The number of rotatable bonds is 3. The predicted octanol–water partition coefficient (Wildman–Crippen LogP) is 5.15. The van der Waals surface area contributed by atoms with Crippen molar-refractivity contribution in [2.24, 2.45) is 0 Å². The largest absolute Gasteiger partial charge is 0.0866 e. The molecule has 70 valence electrons. The Hall–Kier alpha value is 1.60. The van der Waals surface area contributed by atoms with Crippen molar-refractivity contribution in [3.8, 4) is 0 Å². The smallest absolute Gasteiger partial charge is 0.0758 e. The molecule has 0 aromatic rings. The van der Waals surface area contributed by atoms with Gasteiger partial charge in [-0.3, -0.25) is 0 Å². The van der Waals surface area contributed by atoms with Crippen LogP contribution in [0.1, 0.15) is 0 Å². The van der Waals surface area contributed by atoms with Crippen LogP contribution in [-0.2, 0) is 0 Å². The fourth-order valence-electron chi connectivity index (χ4n) is 0.355. The Morgan fingerprint density at radius 2 is 1.00 bits per heavy atom. The summed E-state index contributed by atoms with van der Waals surface area (Å²) in [7, 11) is 0. The molecule has 0 rings (SSSR count). The lowest BCUT2D eigenvalue weighted by Crippen LogP contribution is -1.85. The fourth-order valence-corrected chi connectivity index (χ4v) is 1.89. The molecule has 6 heteroatoms. The van der Waals surface area contributed by atoms with Gasteiger partial charge in [-0.2, -0.15) is 0 Å². The molecule has 12 heavy (non-hydrogen) atoms. The van der Waals surface area contributed by atoms with Gasteiger partial charge in [0.15, 0.2) is 0 Å². The second-order valence-corrected chi connectivity index (χ2v) is 4.49. The maximum atomic E-state index is 5.78. The Kier molecular flexibility index (Phi) is 7.90. The number of hydrogen-bond donors (Lipinski definition) is 0. The summed E-state index contributed by atoms with van der Waals surface area (Å²) in [5.41, 5.74) is 0. The summed E-state index contributed by atoms with van der Waals surface area (Å²) in [4.78, 5) is 0. The number of allylic oxidation sites excluding steroid dienone is 4. The lowest BCUT2D eigenvalue weighted by molar-refractivity contribution is 1.59. The van der Waals surface area contributed by atoms with Gasteiger partial charge in [-0.25, -0.2) is 0 Å². The normalized spacial score (nSPS) is 15.5. The van der Waals surface area contributed by atoms with E-state index in [4.69, 9.17) is 46.4 Å². The van der Waals surface area contributed by atoms with Crippen LogP contribution in [0.3, 0.4) is 0 Å². The van der Waals surface area contributed by atoms with Crippen LogP contribution in [0.4, 0.5) is 0 Å². The maximum Gasteiger partial charge on any atom is 0.0758 e. The highest BCUT2D eigenvalue weighted by molar-refractivity contribution is 9.09. The van der Waals surface area contributed by atoms with E-state index < -0.39 is 0 Å². The molecule has 0 atom stereocenters. The van der Waals surface area contributed by atoms with Gasteiger partial charge in [0, 0.05) is 20.7 Å². The second kappa shape index (κ2) is 6.97. The van der Waals surface area contributed by atoms with E-state index in [1.54, 1.807) is 0 Å². The van der Waals surface area contributed by atoms with Crippen molar-refractivity contribution in [3.63, 3.8) is 0 Å². The van der Waals surface area contributed by atoms with Crippen molar-refractivity contribution in [2.75, 3.05) is 10.7 Å². The summed E-state index contributed by atoms with van der Waals surface area (Å²) in [5.74, 6) is 0. The number of alkyl halides is 2. The summed E-state index contributed by atoms with van der Waals surface area (Å²) >= 11 is 29.3. The Morgan fingerprint density at radius 1 is 0.750 bits per heavy atom. The minimum atomic E-state index is 0.277. The molecule has 0 radical (unpaired) electrons. The molecule has 0 N–H and O–H groups in total. The molecule has 0 bridgehead atoms. The predicted molar refractivity (Wildman–Crippen MR) is 65.1 cm³/mol. The number of hydrogen-bond acceptors (Lipinski definition) is 0. The minimum Gasteiger partial charge on any atom is -0.0866 e. The van der Waals surface area contributed by atoms with Crippen molar-refractivity contribution in [1.82, 2.24) is 0 Å². The van der Waals surface area contributed by atoms with Crippen molar-refractivity contribution in [3.05, 3.63) is 20.1 Å². The molecular formula is C6H4Br2Cl4. The van der Waals surface area contributed by atoms with Crippen molar-refractivity contribution < 1.29 is 0 Å². The van der Waals surface area contributed by atoms with E-state index in [-0.39, 0.29) is 10.1 Å². The summed E-state index contributed by atoms with van der Waals surface area (Å²) < 4.78 is 0. The van der Waals surface area contributed by atoms with E-state index in [1.165, 1.54) is 0 Å². The molecule has 0 aromatic heterocycles. The first-order valence-electron chi connectivity index (χ1n) is 2.75. The van der Waals surface area contributed by atoms with Gasteiger partial charge in [0.05, 0.1) is 10.1 Å². The zero-order valence-corrected chi connectivity index (χ0v) is 11.9. The van der Waals surface area contributed by atoms with Crippen LogP contribution in [0.2, 0.25) is 0 Å². The highest BCUT2D eigenvalue weighted by atomic mass is 79.9. The quantitative estimate of drug-likeness (QED) is 0.471. The molecule has 0 unspecified atom stereocenters. The van der Waals surface area contributed by atoms with E-state index in [0.717, 1.165) is 0 Å². The molecule has 0 nitrogen and oxygen atoms in total. The second-order valence-electron chi connectivity index (χ2n) is 1.71. The van der Waals surface area contributed by atoms with Gasteiger partial charge in [0.1, 0.15) is 0 Å². The average molecular weight is 378 g/mol. The molecule has 0 aromatic carbocycles. The van der Waals surface area contributed by atoms with Crippen molar-refractivity contribution in [2.45, 2.75) is 0 Å². The first kappa shape index (κ1) is 13.6. The lowest BCUT2D eigenvalue weighted by Gasteiger charge is -2.01. The molecule has 0 fully saturated rings. The van der Waals surface area contributed by atoms with Crippen LogP contribution in [0.25, 0.3) is 0 Å². The first-order valence-corrected chi connectivity index (χ1v) is 6.50. The van der Waals surface area contributed by atoms with E-state index >= 15 is 0 Å². The molecule has 0 aliphatic heterocycles. The van der Waals surface area contributed by atoms with Crippen molar-refractivity contribution >= 4 is 78.3 Å². The van der Waals surface area contributed by atoms with Crippen LogP contribution in [0, 0.1) is 0 Å².